The van der Waals surface area contributed by atoms with E-state index in [4.69, 9.17) is 5.11 Å². The van der Waals surface area contributed by atoms with Crippen LogP contribution in [-0.4, -0.2) is 48.7 Å². The molecule has 0 aliphatic rings. The van der Waals surface area contributed by atoms with Crippen molar-refractivity contribution in [1.29, 1.82) is 0 Å². The fourth-order valence-electron chi connectivity index (χ4n) is 1.92. The van der Waals surface area contributed by atoms with Crippen LogP contribution in [-0.2, 0) is 9.53 Å². The molecule has 0 aliphatic carbocycles. The monoisotopic (exact) mass is 427 g/mol. The Morgan fingerprint density at radius 1 is 1.35 bits per heavy atom. The lowest BCUT2D eigenvalue weighted by molar-refractivity contribution is -0.122. The SMILES string of the molecule is C=CC[C@H](NC(=O)O)C(=O)NCC(=O)c1ccc(NC(=O)OC)cc1Br. The summed E-state index contributed by atoms with van der Waals surface area (Å²) < 4.78 is 4.89. The number of anilines is 1. The highest BCUT2D eigenvalue weighted by Crippen LogP contribution is 2.22. The number of benzene rings is 1. The van der Waals surface area contributed by atoms with Crippen molar-refractivity contribution >= 4 is 45.5 Å². The van der Waals surface area contributed by atoms with Crippen molar-refractivity contribution in [2.75, 3.05) is 19.0 Å². The van der Waals surface area contributed by atoms with Crippen LogP contribution < -0.4 is 16.0 Å². The number of halogens is 1. The highest BCUT2D eigenvalue weighted by atomic mass is 79.9. The van der Waals surface area contributed by atoms with E-state index < -0.39 is 29.9 Å². The van der Waals surface area contributed by atoms with Gasteiger partial charge in [0, 0.05) is 15.7 Å². The molecule has 0 unspecified atom stereocenters. The number of ether oxygens (including phenoxy) is 1. The Kier molecular flexibility index (Phi) is 8.29. The predicted molar refractivity (Wildman–Crippen MR) is 97.3 cm³/mol. The number of rotatable bonds is 8. The fourth-order valence-corrected chi connectivity index (χ4v) is 2.52. The number of ketones is 1. The van der Waals surface area contributed by atoms with Crippen LogP contribution in [0.5, 0.6) is 0 Å². The fraction of sp³-hybridized carbons (Fsp3) is 0.250. The average Bonchev–Trinajstić information content (AvgIpc) is 2.58. The first-order valence-electron chi connectivity index (χ1n) is 7.34. The molecule has 0 aliphatic heterocycles. The first-order chi connectivity index (χ1) is 12.3. The van der Waals surface area contributed by atoms with E-state index in [2.05, 4.69) is 37.9 Å². The summed E-state index contributed by atoms with van der Waals surface area (Å²) >= 11 is 3.22. The number of hydrogen-bond acceptors (Lipinski definition) is 5. The van der Waals surface area contributed by atoms with Crippen molar-refractivity contribution in [1.82, 2.24) is 10.6 Å². The number of nitrogens with one attached hydrogen (secondary N) is 3. The molecule has 0 saturated heterocycles. The van der Waals surface area contributed by atoms with E-state index in [1.54, 1.807) is 0 Å². The van der Waals surface area contributed by atoms with Crippen LogP contribution in [0.25, 0.3) is 0 Å². The molecular formula is C16H18BrN3O6. The van der Waals surface area contributed by atoms with Crippen LogP contribution in [0.1, 0.15) is 16.8 Å². The van der Waals surface area contributed by atoms with Crippen molar-refractivity contribution in [3.05, 3.63) is 40.9 Å². The summed E-state index contributed by atoms with van der Waals surface area (Å²) in [5.74, 6) is -1.04. The largest absolute Gasteiger partial charge is 0.465 e. The molecule has 0 spiro atoms. The van der Waals surface area contributed by atoms with E-state index in [0.717, 1.165) is 0 Å². The summed E-state index contributed by atoms with van der Waals surface area (Å²) in [7, 11) is 1.23. The first kappa shape index (κ1) is 21.2. The Balaban J connectivity index is 2.72. The van der Waals surface area contributed by atoms with Gasteiger partial charge >= 0.3 is 12.2 Å². The molecule has 1 aromatic carbocycles. The normalized spacial score (nSPS) is 11.0. The quantitative estimate of drug-likeness (QED) is 0.370. The topological polar surface area (TPSA) is 134 Å². The van der Waals surface area contributed by atoms with Crippen molar-refractivity contribution in [3.63, 3.8) is 0 Å². The Labute approximate surface area is 157 Å². The molecule has 0 bridgehead atoms. The smallest absolute Gasteiger partial charge is 0.411 e. The van der Waals surface area contributed by atoms with Gasteiger partial charge in [0.15, 0.2) is 5.78 Å². The summed E-state index contributed by atoms with van der Waals surface area (Å²) in [6, 6.07) is 3.45. The maximum Gasteiger partial charge on any atom is 0.411 e. The number of Topliss-reactive ketones (excluding diaryl/α,β-unsaturated/α-hetero) is 1. The van der Waals surface area contributed by atoms with Crippen LogP contribution in [0.4, 0.5) is 15.3 Å². The van der Waals surface area contributed by atoms with Crippen LogP contribution in [0, 0.1) is 0 Å². The minimum absolute atomic E-state index is 0.0872. The lowest BCUT2D eigenvalue weighted by atomic mass is 10.1. The zero-order valence-corrected chi connectivity index (χ0v) is 15.5. The van der Waals surface area contributed by atoms with E-state index in [1.807, 2.05) is 5.32 Å². The van der Waals surface area contributed by atoms with Gasteiger partial charge in [-0.25, -0.2) is 9.59 Å². The lowest BCUT2D eigenvalue weighted by Crippen LogP contribution is -2.47. The molecule has 0 aromatic heterocycles. The Bertz CT molecular complexity index is 722. The highest BCUT2D eigenvalue weighted by Gasteiger charge is 2.20. The van der Waals surface area contributed by atoms with Crippen LogP contribution >= 0.6 is 15.9 Å². The third-order valence-corrected chi connectivity index (χ3v) is 3.80. The van der Waals surface area contributed by atoms with Crippen molar-refractivity contribution < 1.29 is 29.0 Å². The number of carboxylic acid groups (broad SMARTS) is 1. The Hall–Kier alpha value is -2.88. The summed E-state index contributed by atoms with van der Waals surface area (Å²) in [5, 5.41) is 15.6. The minimum Gasteiger partial charge on any atom is -0.465 e. The maximum atomic E-state index is 12.2. The van der Waals surface area contributed by atoms with Gasteiger partial charge in [-0.3, -0.25) is 14.9 Å². The maximum absolute atomic E-state index is 12.2. The lowest BCUT2D eigenvalue weighted by Gasteiger charge is -2.15. The Morgan fingerprint density at radius 2 is 2.04 bits per heavy atom. The van der Waals surface area contributed by atoms with E-state index >= 15 is 0 Å². The molecule has 4 N–H and O–H groups in total. The van der Waals surface area contributed by atoms with Gasteiger partial charge in [-0.15, -0.1) is 6.58 Å². The van der Waals surface area contributed by atoms with Crippen LogP contribution in [0.3, 0.4) is 0 Å². The number of methoxy groups -OCH3 is 1. The summed E-state index contributed by atoms with van der Waals surface area (Å²) in [5.41, 5.74) is 0.702. The van der Waals surface area contributed by atoms with Crippen LogP contribution in [0.15, 0.2) is 35.3 Å². The standard InChI is InChI=1S/C16H18BrN3O6/c1-3-4-12(20-15(23)24)14(22)18-8-13(21)10-6-5-9(7-11(10)17)19-16(25)26-2/h3,5-7,12,20H,1,4,8H2,2H3,(H,18,22)(H,19,25)(H,23,24)/t12-/m0/s1. The molecule has 0 heterocycles. The molecule has 3 amide bonds. The number of carbonyl (C=O) groups is 4. The third-order valence-electron chi connectivity index (χ3n) is 3.14. The number of carbonyl (C=O) groups excluding carboxylic acids is 3. The zero-order chi connectivity index (χ0) is 19.7. The van der Waals surface area contributed by atoms with Gasteiger partial charge < -0.3 is 20.5 Å². The molecule has 1 rings (SSSR count). The minimum atomic E-state index is -1.35. The van der Waals surface area contributed by atoms with Crippen molar-refractivity contribution in [3.8, 4) is 0 Å². The predicted octanol–water partition coefficient (Wildman–Crippen LogP) is 2.14. The molecule has 1 aromatic rings. The summed E-state index contributed by atoms with van der Waals surface area (Å²) in [6.07, 6.45) is -0.521. The molecule has 9 nitrogen and oxygen atoms in total. The third kappa shape index (κ3) is 6.55. The van der Waals surface area contributed by atoms with Crippen molar-refractivity contribution in [2.45, 2.75) is 12.5 Å². The van der Waals surface area contributed by atoms with Gasteiger partial charge in [-0.2, -0.15) is 0 Å². The van der Waals surface area contributed by atoms with E-state index in [-0.39, 0.29) is 18.5 Å². The number of hydrogen-bond donors (Lipinski definition) is 4. The summed E-state index contributed by atoms with van der Waals surface area (Å²) in [4.78, 5) is 46.1. The molecule has 26 heavy (non-hydrogen) atoms. The molecule has 0 fully saturated rings. The van der Waals surface area contributed by atoms with Gasteiger partial charge in [0.05, 0.1) is 13.7 Å². The second-order valence-corrected chi connectivity index (χ2v) is 5.83. The van der Waals surface area contributed by atoms with Gasteiger partial charge in [-0.05, 0) is 40.5 Å². The van der Waals surface area contributed by atoms with Gasteiger partial charge in [0.25, 0.3) is 0 Å². The van der Waals surface area contributed by atoms with E-state index in [9.17, 15) is 19.2 Å². The highest BCUT2D eigenvalue weighted by molar-refractivity contribution is 9.10. The second kappa shape index (κ2) is 10.2. The van der Waals surface area contributed by atoms with Crippen LogP contribution in [0.2, 0.25) is 0 Å². The zero-order valence-electron chi connectivity index (χ0n) is 13.9. The molecule has 1 atom stereocenters. The molecular weight excluding hydrogens is 410 g/mol. The molecule has 0 radical (unpaired) electrons. The van der Waals surface area contributed by atoms with E-state index in [1.165, 1.54) is 31.4 Å². The first-order valence-corrected chi connectivity index (χ1v) is 8.13. The van der Waals surface area contributed by atoms with E-state index in [0.29, 0.717) is 10.2 Å². The molecule has 140 valence electrons. The Morgan fingerprint density at radius 3 is 2.58 bits per heavy atom. The van der Waals surface area contributed by atoms with Gasteiger partial charge in [0.1, 0.15) is 6.04 Å². The van der Waals surface area contributed by atoms with Crippen molar-refractivity contribution in [2.24, 2.45) is 0 Å². The molecule has 10 heteroatoms. The molecule has 0 saturated carbocycles. The number of amides is 3. The van der Waals surface area contributed by atoms with Gasteiger partial charge in [-0.1, -0.05) is 6.08 Å². The van der Waals surface area contributed by atoms with Gasteiger partial charge in [0.2, 0.25) is 5.91 Å². The average molecular weight is 428 g/mol. The second-order valence-electron chi connectivity index (χ2n) is 4.98. The summed E-state index contributed by atoms with van der Waals surface area (Å²) in [6.45, 7) is 3.13.